The number of aromatic nitrogens is 1. The molecular formula is C24H23N3O4. The van der Waals surface area contributed by atoms with Crippen LogP contribution in [-0.2, 0) is 22.4 Å². The third-order valence-electron chi connectivity index (χ3n) is 5.36. The first-order valence-corrected chi connectivity index (χ1v) is 10.3. The smallest absolute Gasteiger partial charge is 0.339 e. The van der Waals surface area contributed by atoms with Gasteiger partial charge in [-0.1, -0.05) is 36.4 Å². The highest BCUT2D eigenvalue weighted by atomic mass is 16.5. The number of para-hydroxylation sites is 1. The number of pyridine rings is 1. The maximum absolute atomic E-state index is 13.1. The minimum atomic E-state index is -1.09. The van der Waals surface area contributed by atoms with E-state index in [1.807, 2.05) is 24.3 Å². The van der Waals surface area contributed by atoms with E-state index in [4.69, 9.17) is 9.72 Å². The first kappa shape index (κ1) is 20.5. The number of fused-ring (bicyclic) bond motifs is 2. The highest BCUT2D eigenvalue weighted by Crippen LogP contribution is 2.30. The second-order valence-corrected chi connectivity index (χ2v) is 7.49. The molecule has 1 aliphatic carbocycles. The number of hydrogen-bond acceptors (Lipinski definition) is 5. The van der Waals surface area contributed by atoms with E-state index in [0.717, 1.165) is 47.8 Å². The largest absolute Gasteiger partial charge is 0.449 e. The Morgan fingerprint density at radius 3 is 2.45 bits per heavy atom. The third kappa shape index (κ3) is 4.40. The van der Waals surface area contributed by atoms with Crippen molar-refractivity contribution in [2.45, 2.75) is 38.7 Å². The van der Waals surface area contributed by atoms with Gasteiger partial charge in [-0.3, -0.25) is 25.4 Å². The number of aryl methyl sites for hydroxylation is 1. The second kappa shape index (κ2) is 8.95. The number of rotatable bonds is 4. The highest BCUT2D eigenvalue weighted by molar-refractivity contribution is 6.06. The number of nitrogens with one attached hydrogen (secondary N) is 2. The number of benzene rings is 2. The van der Waals surface area contributed by atoms with Gasteiger partial charge in [0.25, 0.3) is 11.8 Å². The van der Waals surface area contributed by atoms with Gasteiger partial charge in [-0.15, -0.1) is 0 Å². The highest BCUT2D eigenvalue weighted by Gasteiger charge is 2.26. The molecule has 0 spiro atoms. The lowest BCUT2D eigenvalue weighted by atomic mass is 9.90. The van der Waals surface area contributed by atoms with Gasteiger partial charge in [-0.2, -0.15) is 0 Å². The van der Waals surface area contributed by atoms with Gasteiger partial charge in [0.1, 0.15) is 0 Å². The van der Waals surface area contributed by atoms with E-state index in [9.17, 15) is 14.4 Å². The molecule has 158 valence electrons. The molecule has 1 heterocycles. The fraction of sp³-hybridized carbons (Fsp3) is 0.250. The van der Waals surface area contributed by atoms with E-state index >= 15 is 0 Å². The zero-order valence-corrected chi connectivity index (χ0v) is 17.2. The summed E-state index contributed by atoms with van der Waals surface area (Å²) in [7, 11) is 0. The summed E-state index contributed by atoms with van der Waals surface area (Å²) < 4.78 is 5.48. The SMILES string of the molecule is C[C@H](OC(=O)c1c2c(nc3ccccc13)CCCC2)C(=O)NNC(=O)c1ccccc1. The van der Waals surface area contributed by atoms with Crippen molar-refractivity contribution in [3.05, 3.63) is 77.0 Å². The van der Waals surface area contributed by atoms with E-state index in [0.29, 0.717) is 11.1 Å². The molecule has 0 saturated carbocycles. The van der Waals surface area contributed by atoms with Crippen molar-refractivity contribution in [2.75, 3.05) is 0 Å². The molecule has 4 rings (SSSR count). The van der Waals surface area contributed by atoms with Gasteiger partial charge >= 0.3 is 5.97 Å². The molecule has 0 bridgehead atoms. The lowest BCUT2D eigenvalue weighted by molar-refractivity contribution is -0.129. The Bertz CT molecular complexity index is 1140. The molecule has 0 saturated heterocycles. The molecule has 0 radical (unpaired) electrons. The van der Waals surface area contributed by atoms with Crippen LogP contribution in [0.1, 0.15) is 51.7 Å². The standard InChI is InChI=1S/C24H23N3O4/c1-15(22(28)26-27-23(29)16-9-3-2-4-10-16)31-24(30)21-17-11-5-7-13-19(17)25-20-14-8-6-12-18(20)21/h2-5,7,9-11,13,15H,6,8,12,14H2,1H3,(H,26,28)(H,27,29)/t15-/m0/s1. The van der Waals surface area contributed by atoms with Crippen molar-refractivity contribution in [2.24, 2.45) is 0 Å². The van der Waals surface area contributed by atoms with Crippen LogP contribution in [-0.4, -0.2) is 28.9 Å². The van der Waals surface area contributed by atoms with Crippen molar-refractivity contribution in [3.8, 4) is 0 Å². The molecule has 2 amide bonds. The van der Waals surface area contributed by atoms with Gasteiger partial charge < -0.3 is 4.74 Å². The lowest BCUT2D eigenvalue weighted by Crippen LogP contribution is -2.46. The van der Waals surface area contributed by atoms with Crippen LogP contribution in [0.4, 0.5) is 0 Å². The Morgan fingerprint density at radius 2 is 1.65 bits per heavy atom. The third-order valence-corrected chi connectivity index (χ3v) is 5.36. The number of hydrogen-bond donors (Lipinski definition) is 2. The molecule has 1 atom stereocenters. The predicted octanol–water partition coefficient (Wildman–Crippen LogP) is 3.12. The summed E-state index contributed by atoms with van der Waals surface area (Å²) in [4.78, 5) is 42.3. The summed E-state index contributed by atoms with van der Waals surface area (Å²) in [6.45, 7) is 1.47. The Labute approximate surface area is 179 Å². The Hall–Kier alpha value is -3.74. The summed E-state index contributed by atoms with van der Waals surface area (Å²) >= 11 is 0. The van der Waals surface area contributed by atoms with Crippen molar-refractivity contribution in [3.63, 3.8) is 0 Å². The summed E-state index contributed by atoms with van der Waals surface area (Å²) in [6, 6.07) is 15.9. The van der Waals surface area contributed by atoms with Crippen molar-refractivity contribution in [1.29, 1.82) is 0 Å². The fourth-order valence-electron chi connectivity index (χ4n) is 3.76. The molecule has 7 nitrogen and oxygen atoms in total. The van der Waals surface area contributed by atoms with Crippen molar-refractivity contribution >= 4 is 28.7 Å². The molecule has 0 aliphatic heterocycles. The first-order valence-electron chi connectivity index (χ1n) is 10.3. The maximum Gasteiger partial charge on any atom is 0.339 e. The van der Waals surface area contributed by atoms with E-state index in [-0.39, 0.29) is 0 Å². The Morgan fingerprint density at radius 1 is 0.935 bits per heavy atom. The number of carbonyl (C=O) groups excluding carboxylic acids is 3. The fourth-order valence-corrected chi connectivity index (χ4v) is 3.76. The summed E-state index contributed by atoms with van der Waals surface area (Å²) in [5.74, 6) is -1.64. The molecule has 0 unspecified atom stereocenters. The Kier molecular flexibility index (Phi) is 5.93. The van der Waals surface area contributed by atoms with Gasteiger partial charge in [0.05, 0.1) is 11.1 Å². The predicted molar refractivity (Wildman–Crippen MR) is 115 cm³/mol. The molecule has 0 fully saturated rings. The zero-order valence-electron chi connectivity index (χ0n) is 17.2. The van der Waals surface area contributed by atoms with E-state index in [2.05, 4.69) is 10.9 Å². The number of carbonyl (C=O) groups is 3. The molecule has 3 aromatic rings. The van der Waals surface area contributed by atoms with Gasteiger partial charge in [-0.25, -0.2) is 4.79 Å². The molecule has 1 aromatic heterocycles. The van der Waals surface area contributed by atoms with Crippen LogP contribution in [0.15, 0.2) is 54.6 Å². The maximum atomic E-state index is 13.1. The lowest BCUT2D eigenvalue weighted by Gasteiger charge is -2.21. The first-order chi connectivity index (χ1) is 15.0. The normalized spacial score (nSPS) is 13.7. The van der Waals surface area contributed by atoms with Crippen molar-refractivity contribution < 1.29 is 19.1 Å². The van der Waals surface area contributed by atoms with E-state index in [1.165, 1.54) is 6.92 Å². The summed E-state index contributed by atoms with van der Waals surface area (Å²) in [5.41, 5.74) is 8.09. The number of amides is 2. The van der Waals surface area contributed by atoms with Crippen LogP contribution >= 0.6 is 0 Å². The topological polar surface area (TPSA) is 97.4 Å². The van der Waals surface area contributed by atoms with Crippen LogP contribution < -0.4 is 10.9 Å². The van der Waals surface area contributed by atoms with Crippen LogP contribution in [0, 0.1) is 0 Å². The average Bonchev–Trinajstić information content (AvgIpc) is 2.81. The molecule has 2 N–H and O–H groups in total. The quantitative estimate of drug-likeness (QED) is 0.502. The van der Waals surface area contributed by atoms with Crippen LogP contribution in [0.3, 0.4) is 0 Å². The molecule has 2 aromatic carbocycles. The average molecular weight is 417 g/mol. The van der Waals surface area contributed by atoms with Crippen LogP contribution in [0.5, 0.6) is 0 Å². The summed E-state index contributed by atoms with van der Waals surface area (Å²) in [5, 5.41) is 0.720. The summed E-state index contributed by atoms with van der Waals surface area (Å²) in [6.07, 6.45) is 2.50. The van der Waals surface area contributed by atoms with Gasteiger partial charge in [0.15, 0.2) is 6.10 Å². The molecule has 7 heteroatoms. The number of esters is 1. The van der Waals surface area contributed by atoms with Gasteiger partial charge in [-0.05, 0) is 56.4 Å². The molecule has 1 aliphatic rings. The zero-order chi connectivity index (χ0) is 21.8. The van der Waals surface area contributed by atoms with E-state index < -0.39 is 23.9 Å². The van der Waals surface area contributed by atoms with Crippen LogP contribution in [0.25, 0.3) is 10.9 Å². The van der Waals surface area contributed by atoms with Gasteiger partial charge in [0, 0.05) is 16.6 Å². The van der Waals surface area contributed by atoms with Crippen molar-refractivity contribution in [1.82, 2.24) is 15.8 Å². The Balaban J connectivity index is 1.48. The molecule has 31 heavy (non-hydrogen) atoms. The minimum absolute atomic E-state index is 0.405. The molecular weight excluding hydrogens is 394 g/mol. The number of nitrogens with zero attached hydrogens (tertiary/aromatic N) is 1. The van der Waals surface area contributed by atoms with E-state index in [1.54, 1.807) is 30.3 Å². The number of hydrazine groups is 1. The monoisotopic (exact) mass is 417 g/mol. The van der Waals surface area contributed by atoms with Crippen LogP contribution in [0.2, 0.25) is 0 Å². The van der Waals surface area contributed by atoms with Gasteiger partial charge in [0.2, 0.25) is 0 Å². The minimum Gasteiger partial charge on any atom is -0.449 e. The second-order valence-electron chi connectivity index (χ2n) is 7.49. The number of ether oxygens (including phenoxy) is 1.